The van der Waals surface area contributed by atoms with E-state index in [4.69, 9.17) is 0 Å². The van der Waals surface area contributed by atoms with Crippen molar-refractivity contribution in [3.8, 4) is 44.5 Å². The van der Waals surface area contributed by atoms with E-state index >= 15 is 0 Å². The van der Waals surface area contributed by atoms with Gasteiger partial charge in [-0.25, -0.2) is 0 Å². The zero-order chi connectivity index (χ0) is 21.9. The predicted octanol–water partition coefficient (Wildman–Crippen LogP) is 9.88. The smallest absolute Gasteiger partial charge is 0.0345 e. The molecule has 5 rings (SSSR count). The Morgan fingerprint density at radius 1 is 0.281 bits per heavy atom. The lowest BCUT2D eigenvalue weighted by Crippen LogP contribution is -1.97. The van der Waals surface area contributed by atoms with Gasteiger partial charge in [0.1, 0.15) is 0 Å². The molecule has 0 bridgehead atoms. The Morgan fingerprint density at radius 2 is 0.469 bits per heavy atom. The Morgan fingerprint density at radius 3 is 0.656 bits per heavy atom. The Hall–Kier alpha value is -2.94. The second-order valence-corrected chi connectivity index (χ2v) is 9.18. The fraction of sp³-hybridized carbons (Fsp3) is 0. The molecular weight excluding hydrogens is 520 g/mol. The Kier molecular flexibility index (Phi) is 6.07. The molecular formula is C30H20Br2. The SMILES string of the molecule is Brc1c(-c2ccccc2)c(-c2ccccc2)c(Br)c(-c2ccccc2)c1-c1ccccc1. The summed E-state index contributed by atoms with van der Waals surface area (Å²) in [5.41, 5.74) is 9.44. The Labute approximate surface area is 205 Å². The van der Waals surface area contributed by atoms with Crippen LogP contribution < -0.4 is 0 Å². The minimum absolute atomic E-state index is 1.09. The van der Waals surface area contributed by atoms with Gasteiger partial charge in [0.15, 0.2) is 0 Å². The van der Waals surface area contributed by atoms with Crippen LogP contribution in [0.2, 0.25) is 0 Å². The zero-order valence-electron chi connectivity index (χ0n) is 17.3. The van der Waals surface area contributed by atoms with Gasteiger partial charge in [0.2, 0.25) is 0 Å². The molecule has 5 aromatic rings. The van der Waals surface area contributed by atoms with Gasteiger partial charge >= 0.3 is 0 Å². The van der Waals surface area contributed by atoms with Crippen LogP contribution in [0, 0.1) is 0 Å². The topological polar surface area (TPSA) is 0 Å². The summed E-state index contributed by atoms with van der Waals surface area (Å²) in [7, 11) is 0. The third kappa shape index (κ3) is 3.85. The molecule has 0 heterocycles. The van der Waals surface area contributed by atoms with Gasteiger partial charge in [0, 0.05) is 31.2 Å². The molecule has 0 spiro atoms. The van der Waals surface area contributed by atoms with E-state index in [9.17, 15) is 0 Å². The first-order valence-corrected chi connectivity index (χ1v) is 12.1. The summed E-state index contributed by atoms with van der Waals surface area (Å²) in [6.07, 6.45) is 0. The van der Waals surface area contributed by atoms with Crippen molar-refractivity contribution in [2.24, 2.45) is 0 Å². The second kappa shape index (κ2) is 9.28. The Bertz CT molecular complexity index is 1130. The highest BCUT2D eigenvalue weighted by Gasteiger charge is 2.25. The number of hydrogen-bond donors (Lipinski definition) is 0. The summed E-state index contributed by atoms with van der Waals surface area (Å²) in [6.45, 7) is 0. The number of halogens is 2. The van der Waals surface area contributed by atoms with Crippen LogP contribution in [0.5, 0.6) is 0 Å². The quantitative estimate of drug-likeness (QED) is 0.213. The van der Waals surface area contributed by atoms with Crippen molar-refractivity contribution in [1.82, 2.24) is 0 Å². The van der Waals surface area contributed by atoms with Gasteiger partial charge in [0.05, 0.1) is 0 Å². The van der Waals surface area contributed by atoms with E-state index in [1.807, 2.05) is 0 Å². The molecule has 0 aromatic heterocycles. The lowest BCUT2D eigenvalue weighted by Gasteiger charge is -2.23. The normalized spacial score (nSPS) is 10.8. The third-order valence-electron chi connectivity index (χ3n) is 5.63. The highest BCUT2D eigenvalue weighted by molar-refractivity contribution is 9.11. The standard InChI is InChI=1S/C30H20Br2/c31-29-25(21-13-5-1-6-14-21)26(22-15-7-2-8-16-22)30(32)28(24-19-11-4-12-20-24)27(29)23-17-9-3-10-18-23/h1-20H. The van der Waals surface area contributed by atoms with E-state index in [2.05, 4.69) is 153 Å². The van der Waals surface area contributed by atoms with Crippen LogP contribution in [-0.2, 0) is 0 Å². The van der Waals surface area contributed by atoms with Crippen LogP contribution in [0.15, 0.2) is 130 Å². The van der Waals surface area contributed by atoms with E-state index in [1.165, 1.54) is 44.5 Å². The molecule has 0 radical (unpaired) electrons. The van der Waals surface area contributed by atoms with Gasteiger partial charge in [-0.05, 0) is 54.1 Å². The average Bonchev–Trinajstić information content (AvgIpc) is 2.87. The molecule has 0 fully saturated rings. The first-order valence-electron chi connectivity index (χ1n) is 10.5. The van der Waals surface area contributed by atoms with Gasteiger partial charge in [-0.3, -0.25) is 0 Å². The van der Waals surface area contributed by atoms with Crippen LogP contribution in [0.1, 0.15) is 0 Å². The van der Waals surface area contributed by atoms with Crippen molar-refractivity contribution in [2.45, 2.75) is 0 Å². The molecule has 2 heteroatoms. The van der Waals surface area contributed by atoms with E-state index in [0.29, 0.717) is 0 Å². The summed E-state index contributed by atoms with van der Waals surface area (Å²) < 4.78 is 2.19. The van der Waals surface area contributed by atoms with Crippen LogP contribution in [-0.4, -0.2) is 0 Å². The maximum Gasteiger partial charge on any atom is 0.0345 e. The first kappa shape index (κ1) is 20.9. The molecule has 0 aliphatic heterocycles. The van der Waals surface area contributed by atoms with Crippen LogP contribution in [0.4, 0.5) is 0 Å². The highest BCUT2D eigenvalue weighted by atomic mass is 79.9. The van der Waals surface area contributed by atoms with Crippen molar-refractivity contribution < 1.29 is 0 Å². The number of rotatable bonds is 4. The molecule has 0 nitrogen and oxygen atoms in total. The fourth-order valence-corrected chi connectivity index (χ4v) is 5.90. The number of benzene rings is 5. The van der Waals surface area contributed by atoms with E-state index < -0.39 is 0 Å². The molecule has 0 aliphatic rings. The second-order valence-electron chi connectivity index (χ2n) is 7.59. The van der Waals surface area contributed by atoms with Crippen molar-refractivity contribution in [2.75, 3.05) is 0 Å². The van der Waals surface area contributed by atoms with Gasteiger partial charge in [-0.2, -0.15) is 0 Å². The average molecular weight is 540 g/mol. The number of hydrogen-bond acceptors (Lipinski definition) is 0. The Balaban J connectivity index is 1.97. The summed E-state index contributed by atoms with van der Waals surface area (Å²) in [5.74, 6) is 0. The van der Waals surface area contributed by atoms with Crippen molar-refractivity contribution in [1.29, 1.82) is 0 Å². The van der Waals surface area contributed by atoms with E-state index in [1.54, 1.807) is 0 Å². The molecule has 0 unspecified atom stereocenters. The third-order valence-corrected chi connectivity index (χ3v) is 7.21. The molecule has 0 amide bonds. The predicted molar refractivity (Wildman–Crippen MR) is 144 cm³/mol. The molecule has 0 atom stereocenters. The summed E-state index contributed by atoms with van der Waals surface area (Å²) in [4.78, 5) is 0. The van der Waals surface area contributed by atoms with Crippen molar-refractivity contribution >= 4 is 31.9 Å². The summed E-state index contributed by atoms with van der Waals surface area (Å²) >= 11 is 8.13. The monoisotopic (exact) mass is 538 g/mol. The lowest BCUT2D eigenvalue weighted by molar-refractivity contribution is 1.50. The molecule has 0 saturated carbocycles. The van der Waals surface area contributed by atoms with E-state index in [0.717, 1.165) is 8.95 Å². The maximum atomic E-state index is 4.06. The first-order chi connectivity index (χ1) is 15.8. The largest absolute Gasteiger partial charge is 0.0622 e. The lowest BCUT2D eigenvalue weighted by atomic mass is 9.85. The van der Waals surface area contributed by atoms with Gasteiger partial charge in [-0.15, -0.1) is 0 Å². The minimum atomic E-state index is 1.09. The maximum absolute atomic E-state index is 4.06. The summed E-state index contributed by atoms with van der Waals surface area (Å²) in [5, 5.41) is 0. The molecule has 5 aromatic carbocycles. The van der Waals surface area contributed by atoms with Crippen molar-refractivity contribution in [3.05, 3.63) is 130 Å². The van der Waals surface area contributed by atoms with Gasteiger partial charge in [-0.1, -0.05) is 121 Å². The molecule has 0 N–H and O–H groups in total. The van der Waals surface area contributed by atoms with E-state index in [-0.39, 0.29) is 0 Å². The highest BCUT2D eigenvalue weighted by Crippen LogP contribution is 2.52. The molecule has 154 valence electrons. The molecule has 0 aliphatic carbocycles. The molecule has 0 saturated heterocycles. The van der Waals surface area contributed by atoms with Gasteiger partial charge < -0.3 is 0 Å². The van der Waals surface area contributed by atoms with Crippen LogP contribution >= 0.6 is 31.9 Å². The van der Waals surface area contributed by atoms with Gasteiger partial charge in [0.25, 0.3) is 0 Å². The minimum Gasteiger partial charge on any atom is -0.0622 e. The summed E-state index contributed by atoms with van der Waals surface area (Å²) in [6, 6.07) is 42.4. The molecule has 32 heavy (non-hydrogen) atoms. The van der Waals surface area contributed by atoms with Crippen LogP contribution in [0.3, 0.4) is 0 Å². The van der Waals surface area contributed by atoms with Crippen LogP contribution in [0.25, 0.3) is 44.5 Å². The fourth-order valence-electron chi connectivity index (χ4n) is 4.19. The van der Waals surface area contributed by atoms with Crippen molar-refractivity contribution in [3.63, 3.8) is 0 Å². The zero-order valence-corrected chi connectivity index (χ0v) is 20.5.